The zero-order valence-electron chi connectivity index (χ0n) is 13.8. The topological polar surface area (TPSA) is 60.4 Å². The standard InChI is InChI=1S/C20H20O4/c1-14-8-10-16(11-9-14)19(22)13-17(20(23)24-2)12-18(21)15-6-4-3-5-7-15/h3-11,17H,12-13H2,1-2H3. The summed E-state index contributed by atoms with van der Waals surface area (Å²) in [5.74, 6) is -1.68. The van der Waals surface area contributed by atoms with Gasteiger partial charge < -0.3 is 4.74 Å². The number of hydrogen-bond acceptors (Lipinski definition) is 4. The zero-order chi connectivity index (χ0) is 17.5. The Labute approximate surface area is 141 Å². The summed E-state index contributed by atoms with van der Waals surface area (Å²) < 4.78 is 4.76. The first-order valence-electron chi connectivity index (χ1n) is 7.77. The summed E-state index contributed by atoms with van der Waals surface area (Å²) in [7, 11) is 1.26. The van der Waals surface area contributed by atoms with E-state index in [1.165, 1.54) is 7.11 Å². The number of carbonyl (C=O) groups excluding carboxylic acids is 3. The third kappa shape index (κ3) is 4.62. The first-order valence-corrected chi connectivity index (χ1v) is 7.77. The van der Waals surface area contributed by atoms with Crippen LogP contribution in [-0.4, -0.2) is 24.6 Å². The largest absolute Gasteiger partial charge is 0.469 e. The fourth-order valence-corrected chi connectivity index (χ4v) is 2.45. The fourth-order valence-electron chi connectivity index (χ4n) is 2.45. The molecule has 0 amide bonds. The molecule has 4 heteroatoms. The molecular weight excluding hydrogens is 304 g/mol. The Morgan fingerprint density at radius 2 is 1.33 bits per heavy atom. The predicted octanol–water partition coefficient (Wildman–Crippen LogP) is 3.63. The molecule has 1 unspecified atom stereocenters. The number of Topliss-reactive ketones (excluding diaryl/α,β-unsaturated/α-hetero) is 2. The lowest BCUT2D eigenvalue weighted by atomic mass is 9.91. The molecular formula is C20H20O4. The van der Waals surface area contributed by atoms with Crippen molar-refractivity contribution in [1.82, 2.24) is 0 Å². The van der Waals surface area contributed by atoms with Crippen molar-refractivity contribution in [1.29, 1.82) is 0 Å². The summed E-state index contributed by atoms with van der Waals surface area (Å²) in [6, 6.07) is 15.9. The van der Waals surface area contributed by atoms with Gasteiger partial charge in [0.2, 0.25) is 0 Å². The van der Waals surface area contributed by atoms with E-state index in [2.05, 4.69) is 0 Å². The molecule has 0 saturated carbocycles. The molecule has 1 atom stereocenters. The van der Waals surface area contributed by atoms with Gasteiger partial charge in [0.05, 0.1) is 13.0 Å². The average Bonchev–Trinajstić information content (AvgIpc) is 2.61. The molecule has 0 aliphatic carbocycles. The lowest BCUT2D eigenvalue weighted by Crippen LogP contribution is -2.23. The van der Waals surface area contributed by atoms with Gasteiger partial charge in [0.1, 0.15) is 0 Å². The van der Waals surface area contributed by atoms with Crippen LogP contribution in [-0.2, 0) is 9.53 Å². The fraction of sp³-hybridized carbons (Fsp3) is 0.250. The molecule has 0 aliphatic heterocycles. The normalized spacial score (nSPS) is 11.6. The Kier molecular flexibility index (Phi) is 6.01. The maximum absolute atomic E-state index is 12.4. The molecule has 24 heavy (non-hydrogen) atoms. The third-order valence-electron chi connectivity index (χ3n) is 3.87. The van der Waals surface area contributed by atoms with Crippen LogP contribution in [0.1, 0.15) is 39.1 Å². The number of esters is 1. The Balaban J connectivity index is 2.11. The summed E-state index contributed by atoms with van der Waals surface area (Å²) in [5, 5.41) is 0. The van der Waals surface area contributed by atoms with E-state index in [4.69, 9.17) is 4.74 Å². The third-order valence-corrected chi connectivity index (χ3v) is 3.87. The van der Waals surface area contributed by atoms with Crippen LogP contribution >= 0.6 is 0 Å². The van der Waals surface area contributed by atoms with Gasteiger partial charge in [-0.05, 0) is 6.92 Å². The number of aryl methyl sites for hydroxylation is 1. The summed E-state index contributed by atoms with van der Waals surface area (Å²) >= 11 is 0. The first-order chi connectivity index (χ1) is 11.5. The summed E-state index contributed by atoms with van der Waals surface area (Å²) in [6.45, 7) is 1.93. The molecule has 0 heterocycles. The maximum atomic E-state index is 12.4. The Morgan fingerprint density at radius 1 is 0.833 bits per heavy atom. The van der Waals surface area contributed by atoms with Crippen molar-refractivity contribution in [2.45, 2.75) is 19.8 Å². The van der Waals surface area contributed by atoms with Crippen molar-refractivity contribution >= 4 is 17.5 Å². The van der Waals surface area contributed by atoms with Gasteiger partial charge in [-0.25, -0.2) is 0 Å². The van der Waals surface area contributed by atoms with Crippen LogP contribution in [0.2, 0.25) is 0 Å². The van der Waals surface area contributed by atoms with E-state index in [-0.39, 0.29) is 24.4 Å². The lowest BCUT2D eigenvalue weighted by molar-refractivity contribution is -0.145. The van der Waals surface area contributed by atoms with Gasteiger partial charge in [-0.2, -0.15) is 0 Å². The van der Waals surface area contributed by atoms with Crippen molar-refractivity contribution in [2.24, 2.45) is 5.92 Å². The molecule has 2 aromatic rings. The number of ether oxygens (including phenoxy) is 1. The number of methoxy groups -OCH3 is 1. The van der Waals surface area contributed by atoms with E-state index in [0.29, 0.717) is 11.1 Å². The second kappa shape index (κ2) is 8.20. The average molecular weight is 324 g/mol. The van der Waals surface area contributed by atoms with Crippen LogP contribution in [0, 0.1) is 12.8 Å². The van der Waals surface area contributed by atoms with Gasteiger partial charge in [0.15, 0.2) is 11.6 Å². The lowest BCUT2D eigenvalue weighted by Gasteiger charge is -2.13. The van der Waals surface area contributed by atoms with Crippen LogP contribution in [0.5, 0.6) is 0 Å². The monoisotopic (exact) mass is 324 g/mol. The molecule has 2 rings (SSSR count). The van der Waals surface area contributed by atoms with E-state index in [1.807, 2.05) is 25.1 Å². The molecule has 0 bridgehead atoms. The van der Waals surface area contributed by atoms with Crippen LogP contribution in [0.4, 0.5) is 0 Å². The Bertz CT molecular complexity index is 717. The molecule has 0 aromatic heterocycles. The second-order valence-corrected chi connectivity index (χ2v) is 5.71. The van der Waals surface area contributed by atoms with Gasteiger partial charge >= 0.3 is 5.97 Å². The minimum atomic E-state index is -0.781. The van der Waals surface area contributed by atoms with Crippen molar-refractivity contribution in [2.75, 3.05) is 7.11 Å². The van der Waals surface area contributed by atoms with Crippen molar-refractivity contribution in [3.05, 3.63) is 71.3 Å². The van der Waals surface area contributed by atoms with Gasteiger partial charge in [-0.3, -0.25) is 14.4 Å². The van der Waals surface area contributed by atoms with Gasteiger partial charge in [0, 0.05) is 24.0 Å². The van der Waals surface area contributed by atoms with Gasteiger partial charge in [0.25, 0.3) is 0 Å². The van der Waals surface area contributed by atoms with Crippen LogP contribution in [0.25, 0.3) is 0 Å². The molecule has 124 valence electrons. The number of carbonyl (C=O) groups is 3. The van der Waals surface area contributed by atoms with E-state index in [1.54, 1.807) is 36.4 Å². The Morgan fingerprint density at radius 3 is 1.83 bits per heavy atom. The van der Waals surface area contributed by atoms with Crippen molar-refractivity contribution in [3.8, 4) is 0 Å². The summed E-state index contributed by atoms with van der Waals surface area (Å²) in [5.41, 5.74) is 2.10. The molecule has 0 aliphatic rings. The minimum Gasteiger partial charge on any atom is -0.469 e. The van der Waals surface area contributed by atoms with Crippen LogP contribution < -0.4 is 0 Å². The quantitative estimate of drug-likeness (QED) is 0.576. The number of ketones is 2. The highest BCUT2D eigenvalue weighted by atomic mass is 16.5. The van der Waals surface area contributed by atoms with Gasteiger partial charge in [-0.1, -0.05) is 60.2 Å². The van der Waals surface area contributed by atoms with E-state index in [9.17, 15) is 14.4 Å². The Hall–Kier alpha value is -2.75. The van der Waals surface area contributed by atoms with Crippen molar-refractivity contribution < 1.29 is 19.1 Å². The van der Waals surface area contributed by atoms with Crippen LogP contribution in [0.3, 0.4) is 0 Å². The SMILES string of the molecule is COC(=O)C(CC(=O)c1ccccc1)CC(=O)c1ccc(C)cc1. The first kappa shape index (κ1) is 17.6. The maximum Gasteiger partial charge on any atom is 0.309 e. The molecule has 0 fully saturated rings. The highest BCUT2D eigenvalue weighted by molar-refractivity contribution is 6.01. The van der Waals surface area contributed by atoms with E-state index >= 15 is 0 Å². The molecule has 0 spiro atoms. The summed E-state index contributed by atoms with van der Waals surface area (Å²) in [4.78, 5) is 36.7. The second-order valence-electron chi connectivity index (χ2n) is 5.71. The highest BCUT2D eigenvalue weighted by Crippen LogP contribution is 2.18. The van der Waals surface area contributed by atoms with Gasteiger partial charge in [-0.15, -0.1) is 0 Å². The van der Waals surface area contributed by atoms with E-state index < -0.39 is 11.9 Å². The molecule has 0 N–H and O–H groups in total. The smallest absolute Gasteiger partial charge is 0.309 e. The van der Waals surface area contributed by atoms with E-state index in [0.717, 1.165) is 5.56 Å². The minimum absolute atomic E-state index is 0.0473. The molecule has 0 radical (unpaired) electrons. The molecule has 0 saturated heterocycles. The number of rotatable bonds is 7. The van der Waals surface area contributed by atoms with Crippen LogP contribution in [0.15, 0.2) is 54.6 Å². The number of hydrogen-bond donors (Lipinski definition) is 0. The predicted molar refractivity (Wildman–Crippen MR) is 91.0 cm³/mol. The zero-order valence-corrected chi connectivity index (χ0v) is 13.8. The summed E-state index contributed by atoms with van der Waals surface area (Å²) in [6.07, 6.45) is -0.0946. The molecule has 2 aromatic carbocycles. The van der Waals surface area contributed by atoms with Crippen molar-refractivity contribution in [3.63, 3.8) is 0 Å². The number of benzene rings is 2. The highest BCUT2D eigenvalue weighted by Gasteiger charge is 2.26. The molecule has 4 nitrogen and oxygen atoms in total.